The topological polar surface area (TPSA) is 49.3 Å². The van der Waals surface area contributed by atoms with Crippen LogP contribution in [0.15, 0.2) is 53.8 Å². The molecule has 0 fully saturated rings. The summed E-state index contributed by atoms with van der Waals surface area (Å²) in [6.07, 6.45) is 4.63. The van der Waals surface area contributed by atoms with Crippen LogP contribution in [0.2, 0.25) is 0 Å². The van der Waals surface area contributed by atoms with E-state index in [0.29, 0.717) is 6.54 Å². The smallest absolute Gasteiger partial charge is 0.191 e. The summed E-state index contributed by atoms with van der Waals surface area (Å²) in [7, 11) is 0. The van der Waals surface area contributed by atoms with E-state index in [1.807, 2.05) is 12.3 Å². The first-order valence-corrected chi connectivity index (χ1v) is 7.74. The first-order valence-electron chi connectivity index (χ1n) is 7.74. The minimum atomic E-state index is 0.684. The lowest BCUT2D eigenvalue weighted by atomic mass is 10.1. The van der Waals surface area contributed by atoms with Gasteiger partial charge in [0.25, 0.3) is 0 Å². The summed E-state index contributed by atoms with van der Waals surface area (Å²) in [6, 6.07) is 12.5. The second-order valence-electron chi connectivity index (χ2n) is 5.22. The van der Waals surface area contributed by atoms with Gasteiger partial charge in [0.1, 0.15) is 0 Å². The fraction of sp³-hybridized carbons (Fsp3) is 0.333. The van der Waals surface area contributed by atoms with E-state index >= 15 is 0 Å². The van der Waals surface area contributed by atoms with Gasteiger partial charge in [0.15, 0.2) is 5.96 Å². The largest absolute Gasteiger partial charge is 0.357 e. The SMILES string of the molecule is CCNC(=NCc1cccc(C)c1)NCCc1cccnc1. The molecule has 2 rings (SSSR count). The Morgan fingerprint density at radius 2 is 2.00 bits per heavy atom. The zero-order chi connectivity index (χ0) is 15.6. The number of aliphatic imine (C=N–C) groups is 1. The second kappa shape index (κ2) is 8.82. The van der Waals surface area contributed by atoms with Crippen molar-refractivity contribution in [3.05, 3.63) is 65.5 Å². The number of guanidine groups is 1. The summed E-state index contributed by atoms with van der Waals surface area (Å²) in [5.41, 5.74) is 3.72. The van der Waals surface area contributed by atoms with Crippen LogP contribution in [0.4, 0.5) is 0 Å². The lowest BCUT2D eigenvalue weighted by Crippen LogP contribution is -2.38. The van der Waals surface area contributed by atoms with E-state index in [2.05, 4.69) is 64.8 Å². The Labute approximate surface area is 132 Å². The standard InChI is InChI=1S/C18H24N4/c1-3-20-18(21-11-9-16-8-5-10-19-13-16)22-14-17-7-4-6-15(2)12-17/h4-8,10,12-13H,3,9,11,14H2,1-2H3,(H2,20,21,22). The Hall–Kier alpha value is -2.36. The molecule has 0 radical (unpaired) electrons. The Kier molecular flexibility index (Phi) is 6.42. The van der Waals surface area contributed by atoms with Gasteiger partial charge >= 0.3 is 0 Å². The molecule has 0 aliphatic rings. The molecule has 116 valence electrons. The van der Waals surface area contributed by atoms with Crippen molar-refractivity contribution in [1.82, 2.24) is 15.6 Å². The van der Waals surface area contributed by atoms with Crippen LogP contribution >= 0.6 is 0 Å². The second-order valence-corrected chi connectivity index (χ2v) is 5.22. The molecule has 0 aliphatic heterocycles. The highest BCUT2D eigenvalue weighted by atomic mass is 15.2. The van der Waals surface area contributed by atoms with Crippen LogP contribution in [0.5, 0.6) is 0 Å². The van der Waals surface area contributed by atoms with Gasteiger partial charge < -0.3 is 10.6 Å². The zero-order valence-corrected chi connectivity index (χ0v) is 13.3. The minimum absolute atomic E-state index is 0.684. The highest BCUT2D eigenvalue weighted by Gasteiger charge is 1.98. The average Bonchev–Trinajstić information content (AvgIpc) is 2.54. The number of nitrogens with zero attached hydrogens (tertiary/aromatic N) is 2. The maximum Gasteiger partial charge on any atom is 0.191 e. The molecule has 0 amide bonds. The zero-order valence-electron chi connectivity index (χ0n) is 13.3. The number of benzene rings is 1. The van der Waals surface area contributed by atoms with Gasteiger partial charge in [0.2, 0.25) is 0 Å². The molecule has 1 aromatic heterocycles. The van der Waals surface area contributed by atoms with Gasteiger partial charge in [-0.25, -0.2) is 4.99 Å². The lowest BCUT2D eigenvalue weighted by Gasteiger charge is -2.11. The number of aryl methyl sites for hydroxylation is 1. The van der Waals surface area contributed by atoms with E-state index in [4.69, 9.17) is 0 Å². The molecule has 4 heteroatoms. The monoisotopic (exact) mass is 296 g/mol. The number of rotatable bonds is 6. The Bertz CT molecular complexity index is 593. The molecule has 0 saturated heterocycles. The van der Waals surface area contributed by atoms with Crippen molar-refractivity contribution in [3.63, 3.8) is 0 Å². The van der Waals surface area contributed by atoms with Crippen molar-refractivity contribution in [2.45, 2.75) is 26.8 Å². The van der Waals surface area contributed by atoms with Gasteiger partial charge in [-0.3, -0.25) is 4.98 Å². The molecule has 2 N–H and O–H groups in total. The highest BCUT2D eigenvalue weighted by Crippen LogP contribution is 2.05. The molecular weight excluding hydrogens is 272 g/mol. The van der Waals surface area contributed by atoms with Crippen LogP contribution in [0, 0.1) is 6.92 Å². The molecule has 4 nitrogen and oxygen atoms in total. The van der Waals surface area contributed by atoms with Crippen LogP contribution in [0.1, 0.15) is 23.6 Å². The third kappa shape index (κ3) is 5.56. The van der Waals surface area contributed by atoms with Gasteiger partial charge in [-0.05, 0) is 37.5 Å². The summed E-state index contributed by atoms with van der Waals surface area (Å²) in [6.45, 7) is 6.55. The molecule has 2 aromatic rings. The van der Waals surface area contributed by atoms with Crippen LogP contribution in [0.25, 0.3) is 0 Å². The van der Waals surface area contributed by atoms with Crippen molar-refractivity contribution < 1.29 is 0 Å². The molecule has 0 aliphatic carbocycles. The van der Waals surface area contributed by atoms with Gasteiger partial charge in [-0.15, -0.1) is 0 Å². The molecular formula is C18H24N4. The summed E-state index contributed by atoms with van der Waals surface area (Å²) >= 11 is 0. The molecule has 0 atom stereocenters. The van der Waals surface area contributed by atoms with Crippen molar-refractivity contribution in [3.8, 4) is 0 Å². The van der Waals surface area contributed by atoms with E-state index in [-0.39, 0.29) is 0 Å². The molecule has 0 saturated carbocycles. The van der Waals surface area contributed by atoms with Gasteiger partial charge in [-0.2, -0.15) is 0 Å². The molecule has 0 bridgehead atoms. The third-order valence-corrected chi connectivity index (χ3v) is 3.28. The average molecular weight is 296 g/mol. The number of hydrogen-bond acceptors (Lipinski definition) is 2. The normalized spacial score (nSPS) is 11.3. The molecule has 1 heterocycles. The number of pyridine rings is 1. The third-order valence-electron chi connectivity index (χ3n) is 3.28. The van der Waals surface area contributed by atoms with E-state index < -0.39 is 0 Å². The van der Waals surface area contributed by atoms with Crippen LogP contribution in [0.3, 0.4) is 0 Å². The van der Waals surface area contributed by atoms with E-state index in [0.717, 1.165) is 25.5 Å². The quantitative estimate of drug-likeness (QED) is 0.636. The van der Waals surface area contributed by atoms with Gasteiger partial charge in [-0.1, -0.05) is 35.9 Å². The van der Waals surface area contributed by atoms with Crippen molar-refractivity contribution in [2.24, 2.45) is 4.99 Å². The molecule has 22 heavy (non-hydrogen) atoms. The molecule has 0 unspecified atom stereocenters. The highest BCUT2D eigenvalue weighted by molar-refractivity contribution is 5.79. The maximum atomic E-state index is 4.63. The van der Waals surface area contributed by atoms with Crippen LogP contribution in [-0.2, 0) is 13.0 Å². The Balaban J connectivity index is 1.87. The van der Waals surface area contributed by atoms with Crippen molar-refractivity contribution in [1.29, 1.82) is 0 Å². The van der Waals surface area contributed by atoms with Crippen molar-refractivity contribution >= 4 is 5.96 Å². The van der Waals surface area contributed by atoms with E-state index in [9.17, 15) is 0 Å². The van der Waals surface area contributed by atoms with Crippen molar-refractivity contribution in [2.75, 3.05) is 13.1 Å². The first kappa shape index (κ1) is 16.0. The van der Waals surface area contributed by atoms with E-state index in [1.54, 1.807) is 6.20 Å². The number of nitrogens with one attached hydrogen (secondary N) is 2. The van der Waals surface area contributed by atoms with Crippen LogP contribution < -0.4 is 10.6 Å². The summed E-state index contributed by atoms with van der Waals surface area (Å²) < 4.78 is 0. The molecule has 1 aromatic carbocycles. The summed E-state index contributed by atoms with van der Waals surface area (Å²) in [5.74, 6) is 0.855. The number of hydrogen-bond donors (Lipinski definition) is 2. The predicted octanol–water partition coefficient (Wildman–Crippen LogP) is 2.69. The Morgan fingerprint density at radius 1 is 1.14 bits per heavy atom. The van der Waals surface area contributed by atoms with Gasteiger partial charge in [0, 0.05) is 25.5 Å². The van der Waals surface area contributed by atoms with E-state index in [1.165, 1.54) is 16.7 Å². The number of aromatic nitrogens is 1. The molecule has 0 spiro atoms. The lowest BCUT2D eigenvalue weighted by molar-refractivity contribution is 0.798. The first-order chi connectivity index (χ1) is 10.8. The minimum Gasteiger partial charge on any atom is -0.357 e. The Morgan fingerprint density at radius 3 is 2.73 bits per heavy atom. The summed E-state index contributed by atoms with van der Waals surface area (Å²) in [5, 5.41) is 6.64. The van der Waals surface area contributed by atoms with Gasteiger partial charge in [0.05, 0.1) is 6.54 Å². The predicted molar refractivity (Wildman–Crippen MR) is 91.9 cm³/mol. The van der Waals surface area contributed by atoms with Crippen LogP contribution in [-0.4, -0.2) is 24.0 Å². The fourth-order valence-electron chi connectivity index (χ4n) is 2.19. The maximum absolute atomic E-state index is 4.63. The summed E-state index contributed by atoms with van der Waals surface area (Å²) in [4.78, 5) is 8.76. The fourth-order valence-corrected chi connectivity index (χ4v) is 2.19.